The quantitative estimate of drug-likeness (QED) is 0.886. The van der Waals surface area contributed by atoms with Gasteiger partial charge < -0.3 is 24.3 Å². The van der Waals surface area contributed by atoms with Gasteiger partial charge in [0.25, 0.3) is 0 Å². The van der Waals surface area contributed by atoms with Crippen molar-refractivity contribution in [1.29, 1.82) is 0 Å². The minimum Gasteiger partial charge on any atom is -0.496 e. The molecule has 0 radical (unpaired) electrons. The third kappa shape index (κ3) is 3.05. The number of hydrogen-bond acceptors (Lipinski definition) is 5. The lowest BCUT2D eigenvalue weighted by Crippen LogP contribution is -2.19. The Labute approximate surface area is 136 Å². The topological polar surface area (TPSA) is 49.0 Å². The molecule has 1 unspecified atom stereocenters. The zero-order valence-corrected chi connectivity index (χ0v) is 13.6. The molecule has 0 aliphatic carbocycles. The molecule has 1 N–H and O–H groups in total. The molecule has 0 amide bonds. The summed E-state index contributed by atoms with van der Waals surface area (Å²) in [5.41, 5.74) is 2.16. The van der Waals surface area contributed by atoms with E-state index in [0.717, 1.165) is 22.6 Å². The number of fused-ring (bicyclic) bond motifs is 1. The van der Waals surface area contributed by atoms with Gasteiger partial charge in [0.15, 0.2) is 11.5 Å². The third-order valence-corrected chi connectivity index (χ3v) is 3.99. The minimum absolute atomic E-state index is 0.0984. The third-order valence-electron chi connectivity index (χ3n) is 3.99. The van der Waals surface area contributed by atoms with Crippen molar-refractivity contribution >= 4 is 0 Å². The largest absolute Gasteiger partial charge is 0.496 e. The Kier molecular flexibility index (Phi) is 4.57. The van der Waals surface area contributed by atoms with E-state index in [0.29, 0.717) is 18.0 Å². The van der Waals surface area contributed by atoms with Crippen molar-refractivity contribution in [3.8, 4) is 23.0 Å². The van der Waals surface area contributed by atoms with Crippen LogP contribution < -0.4 is 24.3 Å². The van der Waals surface area contributed by atoms with Gasteiger partial charge in [0, 0.05) is 23.7 Å². The van der Waals surface area contributed by atoms with Gasteiger partial charge in [-0.15, -0.1) is 0 Å². The van der Waals surface area contributed by atoms with Gasteiger partial charge >= 0.3 is 0 Å². The first-order valence-electron chi connectivity index (χ1n) is 7.56. The van der Waals surface area contributed by atoms with Crippen LogP contribution >= 0.6 is 0 Å². The van der Waals surface area contributed by atoms with E-state index in [4.69, 9.17) is 18.9 Å². The number of rotatable bonds is 6. The second kappa shape index (κ2) is 6.79. The monoisotopic (exact) mass is 315 g/mol. The van der Waals surface area contributed by atoms with Crippen molar-refractivity contribution in [2.45, 2.75) is 19.5 Å². The molecule has 1 aliphatic rings. The van der Waals surface area contributed by atoms with Crippen LogP contribution in [0.1, 0.15) is 24.1 Å². The van der Waals surface area contributed by atoms with E-state index in [9.17, 15) is 0 Å². The fraction of sp³-hybridized carbons (Fsp3) is 0.333. The number of ether oxygens (including phenoxy) is 4. The van der Waals surface area contributed by atoms with E-state index in [1.807, 2.05) is 30.3 Å². The molecule has 122 valence electrons. The maximum absolute atomic E-state index is 5.62. The molecule has 0 saturated carbocycles. The summed E-state index contributed by atoms with van der Waals surface area (Å²) in [5, 5.41) is 3.50. The van der Waals surface area contributed by atoms with Crippen LogP contribution in [-0.4, -0.2) is 21.0 Å². The molecule has 0 aromatic heterocycles. The summed E-state index contributed by atoms with van der Waals surface area (Å²) in [6, 6.07) is 12.0. The highest BCUT2D eigenvalue weighted by atomic mass is 16.7. The molecule has 5 nitrogen and oxygen atoms in total. The molecule has 1 aliphatic heterocycles. The molecule has 2 aromatic carbocycles. The molecule has 1 heterocycles. The Morgan fingerprint density at radius 2 is 1.74 bits per heavy atom. The SMILES string of the molecule is COc1ccccc1CNC(C)c1ccc(OC)c2c1OCO2. The predicted molar refractivity (Wildman–Crippen MR) is 87.4 cm³/mol. The smallest absolute Gasteiger partial charge is 0.231 e. The van der Waals surface area contributed by atoms with Gasteiger partial charge in [0.05, 0.1) is 14.2 Å². The summed E-state index contributed by atoms with van der Waals surface area (Å²) in [7, 11) is 3.31. The number of nitrogens with one attached hydrogen (secondary N) is 1. The van der Waals surface area contributed by atoms with Gasteiger partial charge in [0.2, 0.25) is 12.5 Å². The number of para-hydroxylation sites is 1. The molecule has 1 atom stereocenters. The maximum atomic E-state index is 5.62. The molecular weight excluding hydrogens is 294 g/mol. The van der Waals surface area contributed by atoms with Gasteiger partial charge in [-0.2, -0.15) is 0 Å². The van der Waals surface area contributed by atoms with Gasteiger partial charge in [-0.25, -0.2) is 0 Å². The van der Waals surface area contributed by atoms with Gasteiger partial charge in [-0.05, 0) is 25.1 Å². The van der Waals surface area contributed by atoms with Crippen LogP contribution in [0.25, 0.3) is 0 Å². The van der Waals surface area contributed by atoms with E-state index >= 15 is 0 Å². The summed E-state index contributed by atoms with van der Waals surface area (Å²) < 4.78 is 21.8. The zero-order chi connectivity index (χ0) is 16.2. The van der Waals surface area contributed by atoms with Gasteiger partial charge in [-0.1, -0.05) is 18.2 Å². The summed E-state index contributed by atoms with van der Waals surface area (Å²) >= 11 is 0. The summed E-state index contributed by atoms with van der Waals surface area (Å²) in [4.78, 5) is 0. The summed E-state index contributed by atoms with van der Waals surface area (Å²) in [6.45, 7) is 3.02. The Bertz CT molecular complexity index is 687. The first kappa shape index (κ1) is 15.5. The van der Waals surface area contributed by atoms with Crippen LogP contribution in [-0.2, 0) is 6.54 Å². The second-order valence-electron chi connectivity index (χ2n) is 5.34. The Morgan fingerprint density at radius 1 is 1.00 bits per heavy atom. The second-order valence-corrected chi connectivity index (χ2v) is 5.34. The Morgan fingerprint density at radius 3 is 2.52 bits per heavy atom. The molecule has 0 spiro atoms. The van der Waals surface area contributed by atoms with Crippen molar-refractivity contribution < 1.29 is 18.9 Å². The lowest BCUT2D eigenvalue weighted by Gasteiger charge is -2.18. The lowest BCUT2D eigenvalue weighted by molar-refractivity contribution is 0.170. The van der Waals surface area contributed by atoms with Crippen LogP contribution in [0.5, 0.6) is 23.0 Å². The van der Waals surface area contributed by atoms with Crippen LogP contribution in [0.3, 0.4) is 0 Å². The standard InChI is InChI=1S/C18H21NO4/c1-12(19-10-13-6-4-5-7-15(13)20-2)14-8-9-16(21-3)18-17(14)22-11-23-18/h4-9,12,19H,10-11H2,1-3H3. The average molecular weight is 315 g/mol. The highest BCUT2D eigenvalue weighted by molar-refractivity contribution is 5.57. The van der Waals surface area contributed by atoms with E-state index in [2.05, 4.69) is 18.3 Å². The van der Waals surface area contributed by atoms with Crippen molar-refractivity contribution in [2.75, 3.05) is 21.0 Å². The highest BCUT2D eigenvalue weighted by Crippen LogP contribution is 2.45. The molecule has 0 fully saturated rings. The number of hydrogen-bond donors (Lipinski definition) is 1. The zero-order valence-electron chi connectivity index (χ0n) is 13.6. The molecule has 0 saturated heterocycles. The minimum atomic E-state index is 0.0984. The fourth-order valence-electron chi connectivity index (χ4n) is 2.72. The molecule has 23 heavy (non-hydrogen) atoms. The average Bonchev–Trinajstić information content (AvgIpc) is 3.08. The number of methoxy groups -OCH3 is 2. The summed E-state index contributed by atoms with van der Waals surface area (Å²) in [6.07, 6.45) is 0. The van der Waals surface area contributed by atoms with E-state index in [-0.39, 0.29) is 12.8 Å². The van der Waals surface area contributed by atoms with Crippen LogP contribution in [0.2, 0.25) is 0 Å². The Balaban J connectivity index is 1.77. The Hall–Kier alpha value is -2.40. The number of benzene rings is 2. The van der Waals surface area contributed by atoms with Crippen LogP contribution in [0.15, 0.2) is 36.4 Å². The van der Waals surface area contributed by atoms with Crippen LogP contribution in [0.4, 0.5) is 0 Å². The molecule has 3 rings (SSSR count). The van der Waals surface area contributed by atoms with Gasteiger partial charge in [-0.3, -0.25) is 0 Å². The summed E-state index contributed by atoms with van der Waals surface area (Å²) in [5.74, 6) is 3.00. The van der Waals surface area contributed by atoms with Crippen molar-refractivity contribution in [3.63, 3.8) is 0 Å². The van der Waals surface area contributed by atoms with E-state index in [1.54, 1.807) is 14.2 Å². The van der Waals surface area contributed by atoms with Crippen molar-refractivity contribution in [3.05, 3.63) is 47.5 Å². The fourth-order valence-corrected chi connectivity index (χ4v) is 2.72. The van der Waals surface area contributed by atoms with E-state index in [1.165, 1.54) is 0 Å². The molecule has 0 bridgehead atoms. The maximum Gasteiger partial charge on any atom is 0.231 e. The highest BCUT2D eigenvalue weighted by Gasteiger charge is 2.25. The molecule has 2 aromatic rings. The predicted octanol–water partition coefficient (Wildman–Crippen LogP) is 3.28. The van der Waals surface area contributed by atoms with Crippen molar-refractivity contribution in [1.82, 2.24) is 5.32 Å². The normalized spacial score (nSPS) is 13.7. The van der Waals surface area contributed by atoms with Crippen molar-refractivity contribution in [2.24, 2.45) is 0 Å². The van der Waals surface area contributed by atoms with Crippen LogP contribution in [0, 0.1) is 0 Å². The first-order valence-corrected chi connectivity index (χ1v) is 7.56. The van der Waals surface area contributed by atoms with E-state index < -0.39 is 0 Å². The lowest BCUT2D eigenvalue weighted by atomic mass is 10.1. The first-order chi connectivity index (χ1) is 11.2. The molecular formula is C18H21NO4. The van der Waals surface area contributed by atoms with Gasteiger partial charge in [0.1, 0.15) is 5.75 Å². The molecule has 5 heteroatoms.